The van der Waals surface area contributed by atoms with E-state index in [4.69, 9.17) is 42.1 Å². The molecule has 0 bridgehead atoms. The van der Waals surface area contributed by atoms with Gasteiger partial charge in [-0.15, -0.1) is 0 Å². The first-order chi connectivity index (χ1) is 21.2. The summed E-state index contributed by atoms with van der Waals surface area (Å²) in [7, 11) is -0.0313. The SMILES string of the molecule is CCOC(=O)COc1c(Cl)ccc(Pc2ccc(F)cc2)c1-c1c(Pc2ccc(F)cc2)ccc(Cl)c1OCC(=O)OCC. The molecule has 6 nitrogen and oxygen atoms in total. The number of hydrogen-bond donors (Lipinski definition) is 0. The van der Waals surface area contributed by atoms with Gasteiger partial charge in [-0.1, -0.05) is 76.8 Å². The molecular weight excluding hydrogens is 651 g/mol. The van der Waals surface area contributed by atoms with E-state index in [9.17, 15) is 18.4 Å². The molecule has 44 heavy (non-hydrogen) atoms. The van der Waals surface area contributed by atoms with Gasteiger partial charge in [0.1, 0.15) is 23.1 Å². The first-order valence-corrected chi connectivity index (χ1v) is 16.2. The van der Waals surface area contributed by atoms with Crippen LogP contribution in [0.15, 0.2) is 72.8 Å². The van der Waals surface area contributed by atoms with Crippen molar-refractivity contribution in [3.05, 3.63) is 94.5 Å². The molecule has 2 atom stereocenters. The number of benzene rings is 4. The van der Waals surface area contributed by atoms with Gasteiger partial charge in [0.05, 0.1) is 23.3 Å². The first-order valence-electron chi connectivity index (χ1n) is 13.5. The Kier molecular flexibility index (Phi) is 12.3. The van der Waals surface area contributed by atoms with Crippen LogP contribution in [-0.4, -0.2) is 38.4 Å². The fourth-order valence-electron chi connectivity index (χ4n) is 4.15. The highest BCUT2D eigenvalue weighted by atomic mass is 35.5. The van der Waals surface area contributed by atoms with Gasteiger partial charge in [-0.3, -0.25) is 0 Å². The van der Waals surface area contributed by atoms with Crippen LogP contribution in [0.2, 0.25) is 10.0 Å². The molecular formula is C32H28Cl2F2O6P2. The van der Waals surface area contributed by atoms with E-state index in [2.05, 4.69) is 0 Å². The number of ether oxygens (including phenoxy) is 4. The molecule has 0 aliphatic rings. The van der Waals surface area contributed by atoms with Gasteiger partial charge in [-0.05, 0) is 71.5 Å². The largest absolute Gasteiger partial charge is 0.480 e. The number of carbonyl (C=O) groups is 2. The molecule has 4 aromatic carbocycles. The maximum atomic E-state index is 13.7. The topological polar surface area (TPSA) is 71.1 Å². The van der Waals surface area contributed by atoms with Crippen LogP contribution in [-0.2, 0) is 19.1 Å². The van der Waals surface area contributed by atoms with Gasteiger partial charge < -0.3 is 18.9 Å². The summed E-state index contributed by atoms with van der Waals surface area (Å²) in [5.41, 5.74) is 0.936. The Morgan fingerprint density at radius 3 is 1.32 bits per heavy atom. The van der Waals surface area contributed by atoms with E-state index in [1.54, 1.807) is 62.4 Å². The molecule has 0 spiro atoms. The highest BCUT2D eigenvalue weighted by Gasteiger charge is 2.26. The Morgan fingerprint density at radius 2 is 0.977 bits per heavy atom. The molecule has 0 radical (unpaired) electrons. The van der Waals surface area contributed by atoms with Crippen LogP contribution < -0.4 is 30.7 Å². The van der Waals surface area contributed by atoms with Gasteiger partial charge in [-0.25, -0.2) is 18.4 Å². The molecule has 0 amide bonds. The second-order valence-electron chi connectivity index (χ2n) is 9.05. The molecule has 0 fully saturated rings. The monoisotopic (exact) mass is 678 g/mol. The average molecular weight is 679 g/mol. The van der Waals surface area contributed by atoms with E-state index < -0.39 is 25.2 Å². The van der Waals surface area contributed by atoms with Crippen LogP contribution >= 0.6 is 40.4 Å². The van der Waals surface area contributed by atoms with Crippen LogP contribution in [0.5, 0.6) is 11.5 Å². The second-order valence-corrected chi connectivity index (χ2v) is 12.6. The zero-order valence-corrected chi connectivity index (χ0v) is 27.2. The first kappa shape index (κ1) is 33.6. The lowest BCUT2D eigenvalue weighted by molar-refractivity contribution is -0.146. The van der Waals surface area contributed by atoms with Crippen molar-refractivity contribution in [1.29, 1.82) is 0 Å². The molecule has 4 rings (SSSR count). The van der Waals surface area contributed by atoms with E-state index in [0.717, 1.165) is 10.6 Å². The third-order valence-corrected chi connectivity index (χ3v) is 9.21. The number of hydrogen-bond acceptors (Lipinski definition) is 6. The maximum Gasteiger partial charge on any atom is 0.344 e. The minimum Gasteiger partial charge on any atom is -0.480 e. The predicted molar refractivity (Wildman–Crippen MR) is 174 cm³/mol. The average Bonchev–Trinajstić information content (AvgIpc) is 3.00. The Morgan fingerprint density at radius 1 is 0.614 bits per heavy atom. The lowest BCUT2D eigenvalue weighted by Gasteiger charge is -2.23. The summed E-state index contributed by atoms with van der Waals surface area (Å²) < 4.78 is 49.6. The van der Waals surface area contributed by atoms with E-state index in [0.29, 0.717) is 21.7 Å². The molecule has 0 heterocycles. The predicted octanol–water partition coefficient (Wildman–Crippen LogP) is 6.08. The molecule has 0 saturated carbocycles. The third-order valence-electron chi connectivity index (χ3n) is 6.00. The molecule has 0 N–H and O–H groups in total. The summed E-state index contributed by atoms with van der Waals surface area (Å²) in [5, 5.41) is 3.45. The van der Waals surface area contributed by atoms with Crippen molar-refractivity contribution in [2.24, 2.45) is 0 Å². The van der Waals surface area contributed by atoms with E-state index in [1.165, 1.54) is 24.3 Å². The standard InChI is InChI=1S/C32H28Cl2F2O6P2/c1-3-39-27(37)17-41-31-23(33)13-15-25(43-21-9-5-19(35)6-10-21)29(31)30-26(44-22-11-7-20(36)8-12-22)16-14-24(34)32(30)42-18-28(38)40-4-2/h5-16,43-44H,3-4,17-18H2,1-2H3. The Labute approximate surface area is 267 Å². The van der Waals surface area contributed by atoms with Crippen LogP contribution in [0.25, 0.3) is 11.1 Å². The van der Waals surface area contributed by atoms with Gasteiger partial charge in [0.15, 0.2) is 13.2 Å². The fraction of sp³-hybridized carbons (Fsp3) is 0.188. The Balaban J connectivity index is 1.96. The fourth-order valence-corrected chi connectivity index (χ4v) is 6.92. The quantitative estimate of drug-likeness (QED) is 0.126. The number of rotatable bonds is 13. The summed E-state index contributed by atoms with van der Waals surface area (Å²) in [6.45, 7) is 2.83. The summed E-state index contributed by atoms with van der Waals surface area (Å²) in [5.74, 6) is -1.61. The molecule has 12 heteroatoms. The van der Waals surface area contributed by atoms with Crippen LogP contribution in [0, 0.1) is 11.6 Å². The normalized spacial score (nSPS) is 11.3. The third kappa shape index (κ3) is 8.89. The van der Waals surface area contributed by atoms with Crippen molar-refractivity contribution in [2.45, 2.75) is 13.8 Å². The van der Waals surface area contributed by atoms with E-state index in [1.807, 2.05) is 0 Å². The Bertz CT molecular complexity index is 1500. The van der Waals surface area contributed by atoms with Crippen molar-refractivity contribution in [2.75, 3.05) is 26.4 Å². The number of carbonyl (C=O) groups excluding carboxylic acids is 2. The molecule has 230 valence electrons. The lowest BCUT2D eigenvalue weighted by Crippen LogP contribution is -2.20. The lowest BCUT2D eigenvalue weighted by atomic mass is 10.0. The van der Waals surface area contributed by atoms with Crippen LogP contribution in [0.3, 0.4) is 0 Å². The minimum atomic E-state index is -0.598. The van der Waals surface area contributed by atoms with Gasteiger partial charge in [-0.2, -0.15) is 0 Å². The van der Waals surface area contributed by atoms with Crippen LogP contribution in [0.1, 0.15) is 13.8 Å². The van der Waals surface area contributed by atoms with Crippen molar-refractivity contribution >= 4 is 73.5 Å². The number of halogens is 4. The van der Waals surface area contributed by atoms with Gasteiger partial charge in [0, 0.05) is 11.1 Å². The number of esters is 2. The van der Waals surface area contributed by atoms with Gasteiger partial charge in [0.25, 0.3) is 0 Å². The molecule has 0 aromatic heterocycles. The van der Waals surface area contributed by atoms with Crippen LogP contribution in [0.4, 0.5) is 8.78 Å². The summed E-state index contributed by atoms with van der Waals surface area (Å²) in [6, 6.07) is 19.0. The van der Waals surface area contributed by atoms with Crippen molar-refractivity contribution in [1.82, 2.24) is 0 Å². The highest BCUT2D eigenvalue weighted by molar-refractivity contribution is 7.56. The minimum absolute atomic E-state index is 0.0157. The second kappa shape index (κ2) is 16.2. The molecule has 0 aliphatic heterocycles. The molecule has 4 aromatic rings. The summed E-state index contributed by atoms with van der Waals surface area (Å²) >= 11 is 13.4. The van der Waals surface area contributed by atoms with Crippen molar-refractivity contribution in [3.63, 3.8) is 0 Å². The van der Waals surface area contributed by atoms with Gasteiger partial charge >= 0.3 is 11.9 Å². The zero-order valence-electron chi connectivity index (χ0n) is 23.7. The van der Waals surface area contributed by atoms with Gasteiger partial charge in [0.2, 0.25) is 0 Å². The molecule has 0 saturated heterocycles. The maximum absolute atomic E-state index is 13.7. The van der Waals surface area contributed by atoms with E-state index in [-0.39, 0.29) is 63.6 Å². The summed E-state index contributed by atoms with van der Waals surface area (Å²) in [6.07, 6.45) is 0. The summed E-state index contributed by atoms with van der Waals surface area (Å²) in [4.78, 5) is 24.7. The molecule has 0 aliphatic carbocycles. The highest BCUT2D eigenvalue weighted by Crippen LogP contribution is 2.45. The van der Waals surface area contributed by atoms with Crippen molar-refractivity contribution in [3.8, 4) is 22.6 Å². The van der Waals surface area contributed by atoms with E-state index >= 15 is 0 Å². The zero-order chi connectivity index (χ0) is 31.6. The Hall–Kier alpha value is -3.28. The smallest absolute Gasteiger partial charge is 0.344 e. The van der Waals surface area contributed by atoms with Crippen molar-refractivity contribution < 1.29 is 37.3 Å². The molecule has 2 unspecified atom stereocenters.